The topological polar surface area (TPSA) is 85.9 Å². The van der Waals surface area contributed by atoms with Crippen LogP contribution in [0.25, 0.3) is 0 Å². The molecule has 18 heavy (non-hydrogen) atoms. The first kappa shape index (κ1) is 12.0. The number of hydrogen-bond acceptors (Lipinski definition) is 5. The first-order chi connectivity index (χ1) is 8.58. The Bertz CT molecular complexity index is 583. The van der Waals surface area contributed by atoms with Gasteiger partial charge in [-0.25, -0.2) is 0 Å². The predicted molar refractivity (Wildman–Crippen MR) is 61.4 cm³/mol. The maximum Gasteiger partial charge on any atom is 0.306 e. The van der Waals surface area contributed by atoms with Crippen LogP contribution in [0.1, 0.15) is 5.69 Å². The zero-order valence-electron chi connectivity index (χ0n) is 9.50. The molecule has 1 heterocycles. The van der Waals surface area contributed by atoms with E-state index in [2.05, 4.69) is 15.6 Å². The van der Waals surface area contributed by atoms with Crippen molar-refractivity contribution in [1.29, 1.82) is 0 Å². The van der Waals surface area contributed by atoms with E-state index in [9.17, 15) is 14.5 Å². The van der Waals surface area contributed by atoms with Crippen LogP contribution in [0.5, 0.6) is 0 Å². The summed E-state index contributed by atoms with van der Waals surface area (Å²) >= 11 is 0. The molecule has 7 nitrogen and oxygen atoms in total. The highest BCUT2D eigenvalue weighted by atomic mass is 19.1. The first-order valence-electron chi connectivity index (χ1n) is 5.09. The molecule has 94 valence electrons. The van der Waals surface area contributed by atoms with Gasteiger partial charge in [-0.15, -0.1) is 5.10 Å². The lowest BCUT2D eigenvalue weighted by Gasteiger charge is -2.06. The molecule has 0 amide bonds. The van der Waals surface area contributed by atoms with Crippen LogP contribution in [0.15, 0.2) is 24.4 Å². The van der Waals surface area contributed by atoms with Crippen molar-refractivity contribution in [3.8, 4) is 0 Å². The molecule has 8 heteroatoms. The summed E-state index contributed by atoms with van der Waals surface area (Å²) in [4.78, 5) is 9.82. The SMILES string of the molecule is Cn1nncc1CNc1ccc(F)c([N+](=O)[O-])c1. The van der Waals surface area contributed by atoms with Crippen molar-refractivity contribution in [2.45, 2.75) is 6.54 Å². The molecule has 0 unspecified atom stereocenters. The minimum absolute atomic E-state index is 0.395. The van der Waals surface area contributed by atoms with Gasteiger partial charge in [-0.2, -0.15) is 4.39 Å². The molecule has 0 aliphatic heterocycles. The van der Waals surface area contributed by atoms with Crippen molar-refractivity contribution in [3.63, 3.8) is 0 Å². The Morgan fingerprint density at radius 2 is 2.33 bits per heavy atom. The summed E-state index contributed by atoms with van der Waals surface area (Å²) in [5.74, 6) is -0.854. The monoisotopic (exact) mass is 251 g/mol. The van der Waals surface area contributed by atoms with E-state index in [0.717, 1.165) is 17.8 Å². The van der Waals surface area contributed by atoms with Crippen molar-refractivity contribution < 1.29 is 9.31 Å². The summed E-state index contributed by atoms with van der Waals surface area (Å²) in [6.07, 6.45) is 1.57. The van der Waals surface area contributed by atoms with Crippen molar-refractivity contribution >= 4 is 11.4 Å². The summed E-state index contributed by atoms with van der Waals surface area (Å²) in [7, 11) is 1.73. The van der Waals surface area contributed by atoms with Crippen LogP contribution < -0.4 is 5.32 Å². The van der Waals surface area contributed by atoms with Crippen LogP contribution in [0.4, 0.5) is 15.8 Å². The zero-order chi connectivity index (χ0) is 13.1. The Hall–Kier alpha value is -2.51. The molecular weight excluding hydrogens is 241 g/mol. The lowest BCUT2D eigenvalue weighted by molar-refractivity contribution is -0.387. The fourth-order valence-corrected chi connectivity index (χ4v) is 1.43. The quantitative estimate of drug-likeness (QED) is 0.657. The van der Waals surface area contributed by atoms with E-state index < -0.39 is 16.4 Å². The van der Waals surface area contributed by atoms with Gasteiger partial charge in [-0.3, -0.25) is 14.8 Å². The lowest BCUT2D eigenvalue weighted by Crippen LogP contribution is -2.06. The number of benzene rings is 1. The third-order valence-electron chi connectivity index (χ3n) is 2.42. The van der Waals surface area contributed by atoms with Gasteiger partial charge >= 0.3 is 5.69 Å². The molecule has 0 radical (unpaired) electrons. The summed E-state index contributed by atoms with van der Waals surface area (Å²) in [5.41, 5.74) is 0.717. The third kappa shape index (κ3) is 2.42. The van der Waals surface area contributed by atoms with E-state index in [1.807, 2.05) is 0 Å². The largest absolute Gasteiger partial charge is 0.379 e. The van der Waals surface area contributed by atoms with Crippen molar-refractivity contribution in [3.05, 3.63) is 46.0 Å². The summed E-state index contributed by atoms with van der Waals surface area (Å²) < 4.78 is 14.7. The van der Waals surface area contributed by atoms with E-state index in [-0.39, 0.29) is 0 Å². The molecule has 0 fully saturated rings. The Labute approximate surface area is 101 Å². The minimum Gasteiger partial charge on any atom is -0.379 e. The van der Waals surface area contributed by atoms with Crippen molar-refractivity contribution in [2.24, 2.45) is 7.05 Å². The molecule has 1 aromatic heterocycles. The summed E-state index contributed by atoms with van der Waals surface area (Å²) in [5, 5.41) is 21.0. The van der Waals surface area contributed by atoms with Crippen molar-refractivity contribution in [2.75, 3.05) is 5.32 Å². The van der Waals surface area contributed by atoms with E-state index >= 15 is 0 Å². The van der Waals surface area contributed by atoms with E-state index in [1.165, 1.54) is 6.07 Å². The molecule has 0 spiro atoms. The molecule has 2 rings (SSSR count). The second kappa shape index (κ2) is 4.78. The van der Waals surface area contributed by atoms with Crippen LogP contribution in [0.3, 0.4) is 0 Å². The second-order valence-electron chi connectivity index (χ2n) is 3.63. The fraction of sp³-hybridized carbons (Fsp3) is 0.200. The molecule has 0 atom stereocenters. The molecule has 2 aromatic rings. The zero-order valence-corrected chi connectivity index (χ0v) is 9.50. The number of nitro benzene ring substituents is 1. The van der Waals surface area contributed by atoms with Gasteiger partial charge in [0.15, 0.2) is 0 Å². The number of anilines is 1. The van der Waals surface area contributed by atoms with Crippen LogP contribution in [-0.4, -0.2) is 19.9 Å². The minimum atomic E-state index is -0.854. The Balaban J connectivity index is 2.13. The van der Waals surface area contributed by atoms with Gasteiger partial charge in [0.2, 0.25) is 5.82 Å². The van der Waals surface area contributed by atoms with Crippen LogP contribution in [0, 0.1) is 15.9 Å². The van der Waals surface area contributed by atoms with Crippen LogP contribution in [-0.2, 0) is 13.6 Å². The second-order valence-corrected chi connectivity index (χ2v) is 3.63. The van der Waals surface area contributed by atoms with Gasteiger partial charge < -0.3 is 5.32 Å². The highest BCUT2D eigenvalue weighted by molar-refractivity contribution is 5.51. The van der Waals surface area contributed by atoms with Gasteiger partial charge in [-0.05, 0) is 12.1 Å². The van der Waals surface area contributed by atoms with Crippen LogP contribution >= 0.6 is 0 Å². The molecule has 0 aliphatic carbocycles. The normalized spacial score (nSPS) is 10.3. The van der Waals surface area contributed by atoms with Gasteiger partial charge in [0.05, 0.1) is 23.4 Å². The summed E-state index contributed by atoms with van der Waals surface area (Å²) in [6.45, 7) is 0.395. The highest BCUT2D eigenvalue weighted by Gasteiger charge is 2.14. The number of nitrogens with one attached hydrogen (secondary N) is 1. The van der Waals surface area contributed by atoms with Gasteiger partial charge in [0.1, 0.15) is 0 Å². The molecule has 0 aliphatic rings. The number of halogens is 1. The van der Waals surface area contributed by atoms with Crippen molar-refractivity contribution in [1.82, 2.24) is 15.0 Å². The van der Waals surface area contributed by atoms with Gasteiger partial charge in [-0.1, -0.05) is 5.21 Å². The average molecular weight is 251 g/mol. The van der Waals surface area contributed by atoms with Gasteiger partial charge in [0, 0.05) is 18.8 Å². The Kier molecular flexibility index (Phi) is 3.18. The predicted octanol–water partition coefficient (Wildman–Crippen LogP) is 1.47. The number of hydrogen-bond donors (Lipinski definition) is 1. The highest BCUT2D eigenvalue weighted by Crippen LogP contribution is 2.21. The number of nitro groups is 1. The maximum absolute atomic E-state index is 13.1. The fourth-order valence-electron chi connectivity index (χ4n) is 1.43. The lowest BCUT2D eigenvalue weighted by atomic mass is 10.2. The van der Waals surface area contributed by atoms with E-state index in [0.29, 0.717) is 12.2 Å². The van der Waals surface area contributed by atoms with Gasteiger partial charge in [0.25, 0.3) is 0 Å². The number of rotatable bonds is 4. The molecule has 1 aromatic carbocycles. The van der Waals surface area contributed by atoms with Crippen LogP contribution in [0.2, 0.25) is 0 Å². The standard InChI is InChI=1S/C10H10FN5O2/c1-15-8(6-13-14-15)5-12-7-2-3-9(11)10(4-7)16(17)18/h2-4,6,12H,5H2,1H3. The number of aromatic nitrogens is 3. The summed E-state index contributed by atoms with van der Waals surface area (Å²) in [6, 6.07) is 3.65. The molecule has 0 saturated carbocycles. The number of nitrogens with zero attached hydrogens (tertiary/aromatic N) is 4. The Morgan fingerprint density at radius 1 is 1.56 bits per heavy atom. The molecule has 0 saturated heterocycles. The Morgan fingerprint density at radius 3 is 2.94 bits per heavy atom. The van der Waals surface area contributed by atoms with E-state index in [4.69, 9.17) is 0 Å². The van der Waals surface area contributed by atoms with E-state index in [1.54, 1.807) is 17.9 Å². The third-order valence-corrected chi connectivity index (χ3v) is 2.42. The smallest absolute Gasteiger partial charge is 0.306 e. The molecular formula is C10H10FN5O2. The average Bonchev–Trinajstić information content (AvgIpc) is 2.73. The molecule has 1 N–H and O–H groups in total. The maximum atomic E-state index is 13.1. The molecule has 0 bridgehead atoms. The number of aryl methyl sites for hydroxylation is 1. The first-order valence-corrected chi connectivity index (χ1v) is 5.09.